The molecule has 1 unspecified atom stereocenters. The summed E-state index contributed by atoms with van der Waals surface area (Å²) >= 11 is 1.73. The molecule has 20 heavy (non-hydrogen) atoms. The second kappa shape index (κ2) is 5.60. The minimum Gasteiger partial charge on any atom is -0.406 e. The van der Waals surface area contributed by atoms with Gasteiger partial charge >= 0.3 is 6.01 Å². The van der Waals surface area contributed by atoms with E-state index in [4.69, 9.17) is 4.42 Å². The summed E-state index contributed by atoms with van der Waals surface area (Å²) in [5.41, 5.74) is 0.946. The monoisotopic (exact) mass is 288 g/mol. The van der Waals surface area contributed by atoms with Gasteiger partial charge < -0.3 is 15.1 Å². The molecule has 1 aromatic carbocycles. The molecule has 5 nitrogen and oxygen atoms in total. The lowest BCUT2D eigenvalue weighted by Crippen LogP contribution is -2.17. The predicted octanol–water partition coefficient (Wildman–Crippen LogP) is 3.70. The second-order valence-electron chi connectivity index (χ2n) is 4.52. The van der Waals surface area contributed by atoms with Gasteiger partial charge in [-0.3, -0.25) is 0 Å². The van der Waals surface area contributed by atoms with E-state index in [1.165, 1.54) is 10.1 Å². The molecule has 0 spiro atoms. The summed E-state index contributed by atoms with van der Waals surface area (Å²) in [6.45, 7) is 4.90. The molecule has 0 aliphatic carbocycles. The van der Waals surface area contributed by atoms with Crippen molar-refractivity contribution in [2.75, 3.05) is 11.9 Å². The Morgan fingerprint density at radius 3 is 3.05 bits per heavy atom. The number of aromatic nitrogens is 2. The summed E-state index contributed by atoms with van der Waals surface area (Å²) in [7, 11) is 0. The van der Waals surface area contributed by atoms with Gasteiger partial charge in [-0.1, -0.05) is 12.0 Å². The van der Waals surface area contributed by atoms with Crippen molar-refractivity contribution in [3.63, 3.8) is 0 Å². The SMILES string of the molecule is CCNC(C)c1nnc(Nc2ccc3sccc3c2)o1. The number of hydrogen-bond acceptors (Lipinski definition) is 6. The van der Waals surface area contributed by atoms with Gasteiger partial charge in [-0.25, -0.2) is 0 Å². The Bertz CT molecular complexity index is 706. The molecule has 0 saturated carbocycles. The predicted molar refractivity (Wildman–Crippen MR) is 81.5 cm³/mol. The molecule has 104 valence electrons. The van der Waals surface area contributed by atoms with E-state index in [0.29, 0.717) is 11.9 Å². The van der Waals surface area contributed by atoms with Gasteiger partial charge in [0.2, 0.25) is 5.89 Å². The first-order chi connectivity index (χ1) is 9.76. The van der Waals surface area contributed by atoms with Crippen molar-refractivity contribution in [2.24, 2.45) is 0 Å². The third-order valence-electron chi connectivity index (χ3n) is 3.03. The molecule has 2 aromatic heterocycles. The van der Waals surface area contributed by atoms with Crippen LogP contribution >= 0.6 is 11.3 Å². The molecular weight excluding hydrogens is 272 g/mol. The summed E-state index contributed by atoms with van der Waals surface area (Å²) < 4.78 is 6.87. The van der Waals surface area contributed by atoms with E-state index in [2.05, 4.69) is 44.4 Å². The van der Waals surface area contributed by atoms with Crippen LogP contribution in [0.3, 0.4) is 0 Å². The van der Waals surface area contributed by atoms with Crippen LogP contribution in [0.4, 0.5) is 11.7 Å². The third-order valence-corrected chi connectivity index (χ3v) is 3.92. The Labute approximate surface area is 121 Å². The molecule has 0 amide bonds. The molecule has 0 saturated heterocycles. The fraction of sp³-hybridized carbons (Fsp3) is 0.286. The third kappa shape index (κ3) is 2.66. The molecule has 0 aliphatic rings. The van der Waals surface area contributed by atoms with E-state index in [9.17, 15) is 0 Å². The fourth-order valence-electron chi connectivity index (χ4n) is 2.02. The normalized spacial score (nSPS) is 12.7. The number of benzene rings is 1. The highest BCUT2D eigenvalue weighted by Gasteiger charge is 2.12. The Balaban J connectivity index is 1.76. The van der Waals surface area contributed by atoms with Gasteiger partial charge in [-0.2, -0.15) is 0 Å². The highest BCUT2D eigenvalue weighted by Crippen LogP contribution is 2.26. The van der Waals surface area contributed by atoms with Crippen LogP contribution in [0, 0.1) is 0 Å². The number of rotatable bonds is 5. The zero-order valence-electron chi connectivity index (χ0n) is 11.4. The molecule has 1 atom stereocenters. The van der Waals surface area contributed by atoms with Gasteiger partial charge in [0, 0.05) is 10.4 Å². The Hall–Kier alpha value is -1.92. The van der Waals surface area contributed by atoms with Gasteiger partial charge in [0.25, 0.3) is 0 Å². The highest BCUT2D eigenvalue weighted by atomic mass is 32.1. The Morgan fingerprint density at radius 2 is 2.20 bits per heavy atom. The van der Waals surface area contributed by atoms with E-state index in [1.54, 1.807) is 11.3 Å². The minimum absolute atomic E-state index is 0.0578. The second-order valence-corrected chi connectivity index (χ2v) is 5.47. The van der Waals surface area contributed by atoms with Crippen molar-refractivity contribution in [3.05, 3.63) is 35.5 Å². The van der Waals surface area contributed by atoms with Crippen molar-refractivity contribution >= 4 is 33.1 Å². The summed E-state index contributed by atoms with van der Waals surface area (Å²) in [6, 6.07) is 8.74. The first-order valence-electron chi connectivity index (χ1n) is 6.57. The van der Waals surface area contributed by atoms with Crippen LogP contribution in [0.2, 0.25) is 0 Å². The number of fused-ring (bicyclic) bond motifs is 1. The fourth-order valence-corrected chi connectivity index (χ4v) is 2.79. The van der Waals surface area contributed by atoms with E-state index in [-0.39, 0.29) is 6.04 Å². The smallest absolute Gasteiger partial charge is 0.320 e. The van der Waals surface area contributed by atoms with Crippen molar-refractivity contribution in [3.8, 4) is 0 Å². The molecular formula is C14H16N4OS. The van der Waals surface area contributed by atoms with Gasteiger partial charge in [0.15, 0.2) is 0 Å². The standard InChI is InChI=1S/C14H16N4OS/c1-3-15-9(2)13-17-18-14(19-13)16-11-4-5-12-10(8-11)6-7-20-12/h4-9,15H,3H2,1-2H3,(H,16,18). The molecule has 6 heteroatoms. The zero-order valence-corrected chi connectivity index (χ0v) is 12.2. The lowest BCUT2D eigenvalue weighted by atomic mass is 10.2. The van der Waals surface area contributed by atoms with Gasteiger partial charge in [-0.15, -0.1) is 16.4 Å². The average Bonchev–Trinajstić information content (AvgIpc) is 3.07. The molecule has 0 bridgehead atoms. The van der Waals surface area contributed by atoms with Crippen LogP contribution in [-0.4, -0.2) is 16.7 Å². The van der Waals surface area contributed by atoms with Crippen molar-refractivity contribution in [1.29, 1.82) is 0 Å². The molecule has 0 radical (unpaired) electrons. The molecule has 3 rings (SSSR count). The molecule has 0 fully saturated rings. The summed E-state index contributed by atoms with van der Waals surface area (Å²) in [4.78, 5) is 0. The van der Waals surface area contributed by atoms with Crippen LogP contribution in [0.1, 0.15) is 25.8 Å². The van der Waals surface area contributed by atoms with Gasteiger partial charge in [0.1, 0.15) is 0 Å². The van der Waals surface area contributed by atoms with Crippen molar-refractivity contribution in [2.45, 2.75) is 19.9 Å². The number of nitrogens with zero attached hydrogens (tertiary/aromatic N) is 2. The topological polar surface area (TPSA) is 63.0 Å². The summed E-state index contributed by atoms with van der Waals surface area (Å²) in [6.07, 6.45) is 0. The first-order valence-corrected chi connectivity index (χ1v) is 7.45. The van der Waals surface area contributed by atoms with Crippen molar-refractivity contribution < 1.29 is 4.42 Å². The van der Waals surface area contributed by atoms with Gasteiger partial charge in [0.05, 0.1) is 6.04 Å². The molecule has 3 aromatic rings. The molecule has 2 heterocycles. The quantitative estimate of drug-likeness (QED) is 0.749. The van der Waals surface area contributed by atoms with E-state index >= 15 is 0 Å². The van der Waals surface area contributed by atoms with Crippen LogP contribution in [0.25, 0.3) is 10.1 Å². The number of hydrogen-bond donors (Lipinski definition) is 2. The van der Waals surface area contributed by atoms with Gasteiger partial charge in [-0.05, 0) is 48.5 Å². The Kier molecular flexibility index (Phi) is 3.66. The van der Waals surface area contributed by atoms with Crippen LogP contribution in [-0.2, 0) is 0 Å². The molecule has 2 N–H and O–H groups in total. The van der Waals surface area contributed by atoms with E-state index in [1.807, 2.05) is 19.9 Å². The number of nitrogens with one attached hydrogen (secondary N) is 2. The maximum atomic E-state index is 5.60. The number of anilines is 2. The first kappa shape index (κ1) is 13.1. The van der Waals surface area contributed by atoms with E-state index < -0.39 is 0 Å². The lowest BCUT2D eigenvalue weighted by Gasteiger charge is -2.06. The van der Waals surface area contributed by atoms with Crippen LogP contribution in [0.5, 0.6) is 0 Å². The van der Waals surface area contributed by atoms with Crippen LogP contribution < -0.4 is 10.6 Å². The largest absolute Gasteiger partial charge is 0.406 e. The van der Waals surface area contributed by atoms with E-state index in [0.717, 1.165) is 12.2 Å². The van der Waals surface area contributed by atoms with Crippen LogP contribution in [0.15, 0.2) is 34.1 Å². The summed E-state index contributed by atoms with van der Waals surface area (Å²) in [5.74, 6) is 0.589. The highest BCUT2D eigenvalue weighted by molar-refractivity contribution is 7.17. The average molecular weight is 288 g/mol. The summed E-state index contributed by atoms with van der Waals surface area (Å²) in [5, 5.41) is 17.7. The number of thiophene rings is 1. The van der Waals surface area contributed by atoms with Crippen molar-refractivity contribution in [1.82, 2.24) is 15.5 Å². The maximum absolute atomic E-state index is 5.60. The Morgan fingerprint density at radius 1 is 1.30 bits per heavy atom. The maximum Gasteiger partial charge on any atom is 0.320 e. The molecule has 0 aliphatic heterocycles. The lowest BCUT2D eigenvalue weighted by molar-refractivity contribution is 0.430. The minimum atomic E-state index is 0.0578. The zero-order chi connectivity index (χ0) is 13.9.